The molecule has 2 atom stereocenters. The molecule has 0 aromatic carbocycles. The summed E-state index contributed by atoms with van der Waals surface area (Å²) in [5.41, 5.74) is 1.19. The first-order valence-electron chi connectivity index (χ1n) is 11.0. The monoisotopic (exact) mass is 438 g/mol. The molecule has 2 nitrogen and oxygen atoms in total. The van der Waals surface area contributed by atoms with Crippen LogP contribution in [0.15, 0.2) is 0 Å². The Labute approximate surface area is 176 Å². The van der Waals surface area contributed by atoms with Gasteiger partial charge < -0.3 is 9.47 Å². The molecule has 0 aromatic rings. The standard InChI is InChI=1S/C20H46O2S2Si2/c1-7-15-21-19(25(3)4)13-9-11-17-23-24-18-12-10-14-20(26(5)6)22-16-8-2/h19-20,25-26H,7-18H2,1-6H3. The van der Waals surface area contributed by atoms with E-state index in [1.165, 1.54) is 50.0 Å². The fourth-order valence-electron chi connectivity index (χ4n) is 2.89. The van der Waals surface area contributed by atoms with Crippen molar-refractivity contribution < 1.29 is 9.47 Å². The van der Waals surface area contributed by atoms with Crippen LogP contribution >= 0.6 is 21.6 Å². The van der Waals surface area contributed by atoms with Crippen molar-refractivity contribution in [2.75, 3.05) is 24.7 Å². The summed E-state index contributed by atoms with van der Waals surface area (Å²) in [5.74, 6) is 2.60. The van der Waals surface area contributed by atoms with Crippen LogP contribution in [0.4, 0.5) is 0 Å². The van der Waals surface area contributed by atoms with Gasteiger partial charge in [0.1, 0.15) is 0 Å². The minimum atomic E-state index is -0.660. The molecule has 0 aliphatic rings. The summed E-state index contributed by atoms with van der Waals surface area (Å²) in [5, 5.41) is 0. The van der Waals surface area contributed by atoms with Crippen LogP contribution in [0.2, 0.25) is 26.2 Å². The Morgan fingerprint density at radius 1 is 0.654 bits per heavy atom. The number of hydrogen-bond acceptors (Lipinski definition) is 4. The Hall–Kier alpha value is 1.05. The van der Waals surface area contributed by atoms with E-state index in [4.69, 9.17) is 9.47 Å². The minimum Gasteiger partial charge on any atom is -0.382 e. The second-order valence-electron chi connectivity index (χ2n) is 7.94. The van der Waals surface area contributed by atoms with Gasteiger partial charge in [0.15, 0.2) is 0 Å². The van der Waals surface area contributed by atoms with E-state index in [0.717, 1.165) is 26.1 Å². The molecule has 0 N–H and O–H groups in total. The Kier molecular flexibility index (Phi) is 20.2. The average molecular weight is 439 g/mol. The summed E-state index contributed by atoms with van der Waals surface area (Å²) in [6.45, 7) is 16.0. The summed E-state index contributed by atoms with van der Waals surface area (Å²) in [6, 6.07) is 0. The first-order chi connectivity index (χ1) is 12.5. The second kappa shape index (κ2) is 19.4. The summed E-state index contributed by atoms with van der Waals surface area (Å²) in [4.78, 5) is 0. The quantitative estimate of drug-likeness (QED) is 0.133. The van der Waals surface area contributed by atoms with Gasteiger partial charge in [-0.3, -0.25) is 0 Å². The molecule has 0 fully saturated rings. The molecule has 6 heteroatoms. The summed E-state index contributed by atoms with van der Waals surface area (Å²) in [6.07, 6.45) is 10.2. The molecule has 0 bridgehead atoms. The van der Waals surface area contributed by atoms with E-state index in [9.17, 15) is 0 Å². The fraction of sp³-hybridized carbons (Fsp3) is 1.00. The number of unbranched alkanes of at least 4 members (excludes halogenated alkanes) is 2. The van der Waals surface area contributed by atoms with E-state index in [0.29, 0.717) is 11.5 Å². The maximum absolute atomic E-state index is 6.03. The molecular weight excluding hydrogens is 393 g/mol. The topological polar surface area (TPSA) is 18.5 Å². The van der Waals surface area contributed by atoms with E-state index in [1.54, 1.807) is 0 Å². The normalized spacial score (nSPS) is 14.3. The SMILES string of the molecule is CCCOC(CCCCSSCCCCC(OCCC)[SiH](C)C)[SiH](C)C. The number of ether oxygens (including phenoxy) is 2. The van der Waals surface area contributed by atoms with Gasteiger partial charge in [0, 0.05) is 36.2 Å². The molecule has 0 aliphatic carbocycles. The van der Waals surface area contributed by atoms with E-state index >= 15 is 0 Å². The first-order valence-corrected chi connectivity index (χ1v) is 19.4. The lowest BCUT2D eigenvalue weighted by molar-refractivity contribution is 0.0957. The highest BCUT2D eigenvalue weighted by atomic mass is 33.1. The molecule has 0 heterocycles. The van der Waals surface area contributed by atoms with Crippen LogP contribution in [-0.4, -0.2) is 53.8 Å². The molecule has 0 radical (unpaired) electrons. The summed E-state index contributed by atoms with van der Waals surface area (Å²) < 4.78 is 12.1. The van der Waals surface area contributed by atoms with Crippen molar-refractivity contribution in [3.8, 4) is 0 Å². The van der Waals surface area contributed by atoms with Crippen LogP contribution < -0.4 is 0 Å². The Bertz CT molecular complexity index is 267. The van der Waals surface area contributed by atoms with Crippen molar-refractivity contribution in [1.29, 1.82) is 0 Å². The molecule has 0 spiro atoms. The van der Waals surface area contributed by atoms with Crippen molar-refractivity contribution in [1.82, 2.24) is 0 Å². The summed E-state index contributed by atoms with van der Waals surface area (Å²) in [7, 11) is 2.83. The second-order valence-corrected chi connectivity index (χ2v) is 17.1. The van der Waals surface area contributed by atoms with Gasteiger partial charge in [-0.15, -0.1) is 0 Å². The van der Waals surface area contributed by atoms with Gasteiger partial charge in [0.05, 0.1) is 17.6 Å². The highest BCUT2D eigenvalue weighted by molar-refractivity contribution is 8.76. The fourth-order valence-corrected chi connectivity index (χ4v) is 8.03. The van der Waals surface area contributed by atoms with Crippen LogP contribution in [0.25, 0.3) is 0 Å². The highest BCUT2D eigenvalue weighted by Gasteiger charge is 2.15. The Morgan fingerprint density at radius 2 is 1.04 bits per heavy atom. The molecule has 0 aromatic heterocycles. The lowest BCUT2D eigenvalue weighted by Crippen LogP contribution is -2.28. The smallest absolute Gasteiger partial charge is 0.0656 e. The third-order valence-electron chi connectivity index (χ3n) is 4.58. The lowest BCUT2D eigenvalue weighted by atomic mass is 10.2. The van der Waals surface area contributed by atoms with Crippen LogP contribution in [0.3, 0.4) is 0 Å². The molecular formula is C20H46O2S2Si2. The lowest BCUT2D eigenvalue weighted by Gasteiger charge is -2.20. The molecule has 0 rings (SSSR count). The summed E-state index contributed by atoms with van der Waals surface area (Å²) >= 11 is 0. The van der Waals surface area contributed by atoms with Gasteiger partial charge in [-0.05, 0) is 38.5 Å². The maximum atomic E-state index is 6.03. The van der Waals surface area contributed by atoms with Crippen molar-refractivity contribution in [2.24, 2.45) is 0 Å². The molecule has 2 unspecified atom stereocenters. The Balaban J connectivity index is 3.52. The van der Waals surface area contributed by atoms with E-state index in [-0.39, 0.29) is 0 Å². The van der Waals surface area contributed by atoms with Crippen LogP contribution in [0.1, 0.15) is 65.2 Å². The zero-order chi connectivity index (χ0) is 19.6. The van der Waals surface area contributed by atoms with E-state index < -0.39 is 17.6 Å². The van der Waals surface area contributed by atoms with E-state index in [2.05, 4.69) is 61.6 Å². The largest absolute Gasteiger partial charge is 0.382 e. The van der Waals surface area contributed by atoms with Gasteiger partial charge in [-0.1, -0.05) is 74.5 Å². The zero-order valence-electron chi connectivity index (χ0n) is 18.4. The predicted molar refractivity (Wildman–Crippen MR) is 130 cm³/mol. The van der Waals surface area contributed by atoms with Crippen LogP contribution in [-0.2, 0) is 9.47 Å². The third kappa shape index (κ3) is 16.0. The molecule has 26 heavy (non-hydrogen) atoms. The van der Waals surface area contributed by atoms with Gasteiger partial charge in [0.2, 0.25) is 0 Å². The van der Waals surface area contributed by atoms with Gasteiger partial charge in [-0.25, -0.2) is 0 Å². The van der Waals surface area contributed by atoms with Crippen molar-refractivity contribution in [2.45, 2.75) is 103 Å². The van der Waals surface area contributed by atoms with Crippen LogP contribution in [0, 0.1) is 0 Å². The zero-order valence-corrected chi connectivity index (χ0v) is 22.4. The van der Waals surface area contributed by atoms with Crippen molar-refractivity contribution in [3.05, 3.63) is 0 Å². The molecule has 0 saturated heterocycles. The van der Waals surface area contributed by atoms with Gasteiger partial charge in [0.25, 0.3) is 0 Å². The molecule has 0 saturated carbocycles. The maximum Gasteiger partial charge on any atom is 0.0656 e. The highest BCUT2D eigenvalue weighted by Crippen LogP contribution is 2.25. The Morgan fingerprint density at radius 3 is 1.35 bits per heavy atom. The molecule has 158 valence electrons. The molecule has 0 amide bonds. The van der Waals surface area contributed by atoms with Gasteiger partial charge >= 0.3 is 0 Å². The predicted octanol–water partition coefficient (Wildman–Crippen LogP) is 6.35. The third-order valence-corrected chi connectivity index (χ3v) is 11.2. The molecule has 0 aliphatic heterocycles. The number of rotatable bonds is 19. The number of hydrogen-bond donors (Lipinski definition) is 0. The average Bonchev–Trinajstić information content (AvgIpc) is 2.60. The van der Waals surface area contributed by atoms with E-state index in [1.807, 2.05) is 0 Å². The first kappa shape index (κ1) is 27.1. The minimum absolute atomic E-state index is 0.597. The van der Waals surface area contributed by atoms with Crippen molar-refractivity contribution >= 4 is 39.2 Å². The van der Waals surface area contributed by atoms with Crippen LogP contribution in [0.5, 0.6) is 0 Å². The van der Waals surface area contributed by atoms with Crippen molar-refractivity contribution in [3.63, 3.8) is 0 Å². The van der Waals surface area contributed by atoms with Gasteiger partial charge in [-0.2, -0.15) is 0 Å².